The minimum absolute atomic E-state index is 0.430. The molecule has 1 rings (SSSR count). The first-order chi connectivity index (χ1) is 8.67. The van der Waals surface area contributed by atoms with Crippen LogP contribution in [0.15, 0.2) is 12.3 Å². The summed E-state index contributed by atoms with van der Waals surface area (Å²) < 4.78 is 7.54. The van der Waals surface area contributed by atoms with Gasteiger partial charge in [0.25, 0.3) is 0 Å². The highest BCUT2D eigenvalue weighted by atomic mass is 16.5. The van der Waals surface area contributed by atoms with Gasteiger partial charge in [-0.2, -0.15) is 5.10 Å². The van der Waals surface area contributed by atoms with E-state index in [1.807, 2.05) is 11.7 Å². The zero-order chi connectivity index (χ0) is 13.4. The van der Waals surface area contributed by atoms with Gasteiger partial charge in [-0.05, 0) is 39.8 Å². The van der Waals surface area contributed by atoms with Crippen molar-refractivity contribution in [1.82, 2.24) is 15.1 Å². The molecule has 0 aliphatic carbocycles. The average Bonchev–Trinajstić information content (AvgIpc) is 2.81. The van der Waals surface area contributed by atoms with Crippen molar-refractivity contribution in [2.75, 3.05) is 20.3 Å². The molecule has 1 heterocycles. The van der Waals surface area contributed by atoms with E-state index in [-0.39, 0.29) is 0 Å². The van der Waals surface area contributed by atoms with E-state index in [1.54, 1.807) is 0 Å². The van der Waals surface area contributed by atoms with Crippen LogP contribution in [-0.2, 0) is 11.2 Å². The summed E-state index contributed by atoms with van der Waals surface area (Å²) in [6, 6.07) is 2.98. The molecule has 0 spiro atoms. The van der Waals surface area contributed by atoms with Crippen LogP contribution in [0.5, 0.6) is 0 Å². The van der Waals surface area contributed by atoms with Gasteiger partial charge in [0.1, 0.15) is 0 Å². The molecule has 1 N–H and O–H groups in total. The van der Waals surface area contributed by atoms with E-state index in [9.17, 15) is 0 Å². The molecule has 4 nitrogen and oxygen atoms in total. The van der Waals surface area contributed by atoms with Gasteiger partial charge in [-0.15, -0.1) is 0 Å². The van der Waals surface area contributed by atoms with Crippen LogP contribution in [0.1, 0.15) is 45.3 Å². The van der Waals surface area contributed by atoms with Gasteiger partial charge in [-0.25, -0.2) is 0 Å². The second kappa shape index (κ2) is 8.27. The molecule has 1 atom stereocenters. The smallest absolute Gasteiger partial charge is 0.0640 e. The first-order valence-electron chi connectivity index (χ1n) is 6.96. The number of hydrogen-bond acceptors (Lipinski definition) is 3. The summed E-state index contributed by atoms with van der Waals surface area (Å²) in [5.74, 6) is 0. The fourth-order valence-corrected chi connectivity index (χ4v) is 1.85. The fraction of sp³-hybridized carbons (Fsp3) is 0.786. The maximum Gasteiger partial charge on any atom is 0.0640 e. The lowest BCUT2D eigenvalue weighted by Gasteiger charge is -2.15. The van der Waals surface area contributed by atoms with Gasteiger partial charge in [0.05, 0.1) is 5.69 Å². The summed E-state index contributed by atoms with van der Waals surface area (Å²) in [5, 5.41) is 7.91. The predicted molar refractivity (Wildman–Crippen MR) is 74.9 cm³/mol. The predicted octanol–water partition coefficient (Wildman–Crippen LogP) is 2.41. The lowest BCUT2D eigenvalue weighted by molar-refractivity contribution is 0.125. The highest BCUT2D eigenvalue weighted by Crippen LogP contribution is 2.08. The van der Waals surface area contributed by atoms with E-state index in [2.05, 4.69) is 43.4 Å². The number of hydrogen-bond donors (Lipinski definition) is 1. The van der Waals surface area contributed by atoms with E-state index in [0.717, 1.165) is 38.2 Å². The van der Waals surface area contributed by atoms with E-state index in [4.69, 9.17) is 4.74 Å². The van der Waals surface area contributed by atoms with Crippen LogP contribution in [0.25, 0.3) is 0 Å². The monoisotopic (exact) mass is 253 g/mol. The average molecular weight is 253 g/mol. The van der Waals surface area contributed by atoms with E-state index in [1.165, 1.54) is 0 Å². The molecule has 0 aliphatic heterocycles. The molecule has 0 radical (unpaired) electrons. The van der Waals surface area contributed by atoms with E-state index >= 15 is 0 Å². The summed E-state index contributed by atoms with van der Waals surface area (Å²) >= 11 is 0. The maximum absolute atomic E-state index is 5.53. The van der Waals surface area contributed by atoms with Gasteiger partial charge < -0.3 is 10.1 Å². The normalized spacial score (nSPS) is 13.2. The van der Waals surface area contributed by atoms with E-state index < -0.39 is 0 Å². The summed E-state index contributed by atoms with van der Waals surface area (Å²) in [5.41, 5.74) is 1.15. The Kier molecular flexibility index (Phi) is 6.98. The van der Waals surface area contributed by atoms with Gasteiger partial charge in [0.2, 0.25) is 0 Å². The van der Waals surface area contributed by atoms with Crippen LogP contribution in [0, 0.1) is 0 Å². The molecule has 0 saturated carbocycles. The molecule has 0 aliphatic rings. The first-order valence-corrected chi connectivity index (χ1v) is 6.96. The third-order valence-corrected chi connectivity index (χ3v) is 3.02. The highest BCUT2D eigenvalue weighted by Gasteiger charge is 2.10. The Morgan fingerprint density at radius 3 is 2.72 bits per heavy atom. The van der Waals surface area contributed by atoms with Gasteiger partial charge in [-0.1, -0.05) is 6.92 Å². The highest BCUT2D eigenvalue weighted by molar-refractivity contribution is 5.02. The Bertz CT molecular complexity index is 323. The molecule has 0 bridgehead atoms. The number of aromatic nitrogens is 2. The summed E-state index contributed by atoms with van der Waals surface area (Å²) in [7, 11) is 2.00. The maximum atomic E-state index is 5.53. The van der Waals surface area contributed by atoms with Crippen LogP contribution < -0.4 is 5.32 Å². The molecular formula is C14H27N3O. The van der Waals surface area contributed by atoms with Gasteiger partial charge in [-0.3, -0.25) is 4.68 Å². The minimum atomic E-state index is 0.430. The molecule has 0 fully saturated rings. The third kappa shape index (κ3) is 5.19. The Morgan fingerprint density at radius 1 is 1.39 bits per heavy atom. The molecule has 1 aromatic heterocycles. The molecule has 104 valence electrons. The zero-order valence-electron chi connectivity index (χ0n) is 12.1. The Balaban J connectivity index is 2.36. The standard InChI is InChI=1S/C14H27N3O/c1-5-9-18-10-7-13(15-4)11-14-6-8-17(16-14)12(2)3/h6,8,12-13,15H,5,7,9-11H2,1-4H3. The molecule has 0 aromatic carbocycles. The molecule has 18 heavy (non-hydrogen) atoms. The quantitative estimate of drug-likeness (QED) is 0.687. The summed E-state index contributed by atoms with van der Waals surface area (Å²) in [4.78, 5) is 0. The second-order valence-electron chi connectivity index (χ2n) is 4.97. The van der Waals surface area contributed by atoms with Crippen molar-refractivity contribution >= 4 is 0 Å². The molecule has 1 unspecified atom stereocenters. The molecule has 0 saturated heterocycles. The van der Waals surface area contributed by atoms with Gasteiger partial charge >= 0.3 is 0 Å². The van der Waals surface area contributed by atoms with E-state index in [0.29, 0.717) is 12.1 Å². The topological polar surface area (TPSA) is 39.1 Å². The van der Waals surface area contributed by atoms with Crippen LogP contribution in [-0.4, -0.2) is 36.1 Å². The lowest BCUT2D eigenvalue weighted by Crippen LogP contribution is -2.29. The molecule has 1 aromatic rings. The number of rotatable bonds is 9. The van der Waals surface area contributed by atoms with Crippen molar-refractivity contribution in [3.8, 4) is 0 Å². The SMILES string of the molecule is CCCOCCC(Cc1ccn(C(C)C)n1)NC. The van der Waals surface area contributed by atoms with Crippen molar-refractivity contribution in [3.05, 3.63) is 18.0 Å². The number of likely N-dealkylation sites (N-methyl/N-ethyl adjacent to an activating group) is 1. The Labute approximate surface area is 111 Å². The zero-order valence-corrected chi connectivity index (χ0v) is 12.1. The Hall–Kier alpha value is -0.870. The van der Waals surface area contributed by atoms with Crippen molar-refractivity contribution in [1.29, 1.82) is 0 Å². The van der Waals surface area contributed by atoms with Crippen LogP contribution in [0.4, 0.5) is 0 Å². The minimum Gasteiger partial charge on any atom is -0.381 e. The summed E-state index contributed by atoms with van der Waals surface area (Å²) in [6.45, 7) is 8.10. The van der Waals surface area contributed by atoms with Crippen molar-refractivity contribution in [2.24, 2.45) is 0 Å². The molecule has 4 heteroatoms. The summed E-state index contributed by atoms with van der Waals surface area (Å²) in [6.07, 6.45) is 5.14. The number of nitrogens with zero attached hydrogens (tertiary/aromatic N) is 2. The molecule has 0 amide bonds. The lowest BCUT2D eigenvalue weighted by atomic mass is 10.1. The largest absolute Gasteiger partial charge is 0.381 e. The van der Waals surface area contributed by atoms with Crippen molar-refractivity contribution in [2.45, 2.75) is 52.1 Å². The second-order valence-corrected chi connectivity index (χ2v) is 4.97. The fourth-order valence-electron chi connectivity index (χ4n) is 1.85. The van der Waals surface area contributed by atoms with Gasteiger partial charge in [0, 0.05) is 37.9 Å². The number of ether oxygens (including phenoxy) is 1. The van der Waals surface area contributed by atoms with Crippen molar-refractivity contribution < 1.29 is 4.74 Å². The van der Waals surface area contributed by atoms with Gasteiger partial charge in [0.15, 0.2) is 0 Å². The first kappa shape index (κ1) is 15.2. The van der Waals surface area contributed by atoms with Crippen LogP contribution >= 0.6 is 0 Å². The Morgan fingerprint density at radius 2 is 2.17 bits per heavy atom. The third-order valence-electron chi connectivity index (χ3n) is 3.02. The van der Waals surface area contributed by atoms with Crippen molar-refractivity contribution in [3.63, 3.8) is 0 Å². The number of nitrogens with one attached hydrogen (secondary N) is 1. The van der Waals surface area contributed by atoms with Crippen LogP contribution in [0.3, 0.4) is 0 Å². The van der Waals surface area contributed by atoms with Crippen LogP contribution in [0.2, 0.25) is 0 Å². The molecular weight excluding hydrogens is 226 g/mol.